The molecule has 1 aromatic carbocycles. The molecule has 0 N–H and O–H groups in total. The molecule has 0 amide bonds. The topological polar surface area (TPSA) is 83.5 Å². The molecule has 0 bridgehead atoms. The zero-order valence-electron chi connectivity index (χ0n) is 13.2. The zero-order chi connectivity index (χ0) is 15.7. The van der Waals surface area contributed by atoms with Crippen molar-refractivity contribution < 1.29 is 73.9 Å². The molecule has 0 atom stereocenters. The molecule has 7 heteroatoms. The second-order valence-corrected chi connectivity index (χ2v) is 6.24. The van der Waals surface area contributed by atoms with Crippen molar-refractivity contribution in [3.8, 4) is 5.75 Å². The van der Waals surface area contributed by atoms with Gasteiger partial charge in [0.2, 0.25) is 0 Å². The van der Waals surface area contributed by atoms with Crippen molar-refractivity contribution in [2.24, 2.45) is 0 Å². The number of carbonyl (C=O) groups excluding carboxylic acids is 1. The van der Waals surface area contributed by atoms with Crippen LogP contribution in [0.3, 0.4) is 0 Å². The van der Waals surface area contributed by atoms with Crippen molar-refractivity contribution in [1.82, 2.24) is 0 Å². The Bertz CT molecular complexity index is 557. The first-order chi connectivity index (χ1) is 9.95. The Morgan fingerprint density at radius 2 is 1.68 bits per heavy atom. The van der Waals surface area contributed by atoms with Crippen LogP contribution >= 0.6 is 0 Å². The number of para-hydroxylation sites is 1. The molecular weight excluding hydrogens is 331 g/mol. The predicted molar refractivity (Wildman–Crippen MR) is 78.0 cm³/mol. The Balaban J connectivity index is 0.00000441. The smallest absolute Gasteiger partial charge is 0.744 e. The van der Waals surface area contributed by atoms with Crippen LogP contribution in [0.5, 0.6) is 5.75 Å². The molecule has 5 nitrogen and oxygen atoms in total. The Morgan fingerprint density at radius 1 is 1.09 bits per heavy atom. The fourth-order valence-corrected chi connectivity index (χ4v) is 2.57. The fraction of sp³-hybridized carbons (Fsp3) is 0.533. The molecule has 0 aliphatic carbocycles. The van der Waals surface area contributed by atoms with Gasteiger partial charge in [0.05, 0.1) is 4.90 Å². The van der Waals surface area contributed by atoms with Gasteiger partial charge in [-0.2, -0.15) is 0 Å². The summed E-state index contributed by atoms with van der Waals surface area (Å²) in [5.41, 5.74) is 0. The molecule has 0 unspecified atom stereocenters. The van der Waals surface area contributed by atoms with Gasteiger partial charge in [0, 0.05) is 6.42 Å². The van der Waals surface area contributed by atoms with Crippen LogP contribution in [-0.4, -0.2) is 18.9 Å². The molecule has 0 spiro atoms. The summed E-state index contributed by atoms with van der Waals surface area (Å²) >= 11 is 0. The molecule has 1 aromatic rings. The minimum absolute atomic E-state index is 0. The molecule has 118 valence electrons. The second kappa shape index (κ2) is 11.7. The van der Waals surface area contributed by atoms with Crippen molar-refractivity contribution in [3.63, 3.8) is 0 Å². The maximum absolute atomic E-state index is 11.7. The fourth-order valence-electron chi connectivity index (χ4n) is 1.96. The van der Waals surface area contributed by atoms with Crippen LogP contribution in [0.1, 0.15) is 51.9 Å². The van der Waals surface area contributed by atoms with Gasteiger partial charge in [-0.1, -0.05) is 51.2 Å². The van der Waals surface area contributed by atoms with Crippen LogP contribution in [0.15, 0.2) is 29.2 Å². The maximum Gasteiger partial charge on any atom is 1.00 e. The van der Waals surface area contributed by atoms with Gasteiger partial charge in [-0.15, -0.1) is 0 Å². The molecule has 1 rings (SSSR count). The number of hydrogen-bond acceptors (Lipinski definition) is 5. The minimum atomic E-state index is -4.64. The molecule has 0 aliphatic rings. The van der Waals surface area contributed by atoms with Gasteiger partial charge in [0.25, 0.3) is 0 Å². The van der Waals surface area contributed by atoms with Gasteiger partial charge in [-0.25, -0.2) is 8.42 Å². The van der Waals surface area contributed by atoms with Crippen molar-refractivity contribution in [2.45, 2.75) is 56.8 Å². The summed E-state index contributed by atoms with van der Waals surface area (Å²) in [6.07, 6.45) is 6.46. The Labute approximate surface area is 175 Å². The van der Waals surface area contributed by atoms with Gasteiger partial charge >= 0.3 is 57.4 Å². The summed E-state index contributed by atoms with van der Waals surface area (Å²) in [7, 11) is -4.64. The third-order valence-corrected chi connectivity index (χ3v) is 3.95. The van der Waals surface area contributed by atoms with Gasteiger partial charge in [-0.3, -0.25) is 4.79 Å². The van der Waals surface area contributed by atoms with E-state index in [0.29, 0.717) is 6.42 Å². The Hall–Kier alpha value is 0.236. The van der Waals surface area contributed by atoms with E-state index in [0.717, 1.165) is 25.3 Å². The van der Waals surface area contributed by atoms with Crippen molar-refractivity contribution >= 4 is 16.1 Å². The molecular formula is C15H21KO5S. The summed E-state index contributed by atoms with van der Waals surface area (Å²) in [6.45, 7) is 2.14. The average molecular weight is 352 g/mol. The summed E-state index contributed by atoms with van der Waals surface area (Å²) in [5.74, 6) is -0.704. The van der Waals surface area contributed by atoms with E-state index in [-0.39, 0.29) is 63.6 Å². The van der Waals surface area contributed by atoms with E-state index >= 15 is 0 Å². The molecule has 0 radical (unpaired) electrons. The average Bonchev–Trinajstić information content (AvgIpc) is 2.42. The largest absolute Gasteiger partial charge is 1.00 e. The van der Waals surface area contributed by atoms with Crippen LogP contribution in [0.2, 0.25) is 0 Å². The van der Waals surface area contributed by atoms with Crippen LogP contribution < -0.4 is 56.1 Å². The quantitative estimate of drug-likeness (QED) is 0.209. The van der Waals surface area contributed by atoms with Crippen molar-refractivity contribution in [2.75, 3.05) is 0 Å². The van der Waals surface area contributed by atoms with E-state index < -0.39 is 21.0 Å². The summed E-state index contributed by atoms with van der Waals surface area (Å²) in [5, 5.41) is 0. The molecule has 22 heavy (non-hydrogen) atoms. The van der Waals surface area contributed by atoms with Gasteiger partial charge in [0.1, 0.15) is 15.9 Å². The van der Waals surface area contributed by atoms with E-state index in [1.165, 1.54) is 31.0 Å². The molecule has 0 aromatic heterocycles. The molecule has 0 saturated carbocycles. The standard InChI is InChI=1S/C15H22O5S.K/c1-2-3-4-5-6-7-12-15(16)20-13-10-8-9-11-14(13)21(17,18)19;/h8-11H,2-7,12H2,1H3,(H,17,18,19);/q;+1/p-1. The molecule has 0 aliphatic heterocycles. The molecule has 0 heterocycles. The Kier molecular flexibility index (Phi) is 11.8. The van der Waals surface area contributed by atoms with Gasteiger partial charge < -0.3 is 9.29 Å². The predicted octanol–water partition coefficient (Wildman–Crippen LogP) is 0.251. The number of carbonyl (C=O) groups is 1. The van der Waals surface area contributed by atoms with E-state index in [1.807, 2.05) is 0 Å². The normalized spacial score (nSPS) is 10.8. The van der Waals surface area contributed by atoms with Crippen LogP contribution in [0, 0.1) is 0 Å². The number of unbranched alkanes of at least 4 members (excludes halogenated alkanes) is 5. The van der Waals surface area contributed by atoms with E-state index in [1.54, 1.807) is 0 Å². The SMILES string of the molecule is CCCCCCCCC(=O)Oc1ccccc1S(=O)(=O)[O-].[K+]. The minimum Gasteiger partial charge on any atom is -0.744 e. The molecule has 0 saturated heterocycles. The van der Waals surface area contributed by atoms with Crippen molar-refractivity contribution in [1.29, 1.82) is 0 Å². The van der Waals surface area contributed by atoms with E-state index in [4.69, 9.17) is 4.74 Å². The van der Waals surface area contributed by atoms with E-state index in [2.05, 4.69) is 6.92 Å². The zero-order valence-corrected chi connectivity index (χ0v) is 17.1. The number of ether oxygens (including phenoxy) is 1. The third kappa shape index (κ3) is 8.76. The third-order valence-electron chi connectivity index (χ3n) is 3.08. The number of benzene rings is 1. The number of esters is 1. The number of hydrogen-bond donors (Lipinski definition) is 0. The molecule has 0 fully saturated rings. The van der Waals surface area contributed by atoms with Gasteiger partial charge in [0.15, 0.2) is 0 Å². The van der Waals surface area contributed by atoms with Crippen LogP contribution in [-0.2, 0) is 14.9 Å². The summed E-state index contributed by atoms with van der Waals surface area (Å²) in [4.78, 5) is 11.2. The second-order valence-electron chi connectivity index (χ2n) is 4.89. The first kappa shape index (κ1) is 22.2. The van der Waals surface area contributed by atoms with Crippen LogP contribution in [0.4, 0.5) is 0 Å². The summed E-state index contributed by atoms with van der Waals surface area (Å²) < 4.78 is 38.1. The van der Waals surface area contributed by atoms with Crippen molar-refractivity contribution in [3.05, 3.63) is 24.3 Å². The van der Waals surface area contributed by atoms with Gasteiger partial charge in [-0.05, 0) is 18.6 Å². The maximum atomic E-state index is 11.7. The Morgan fingerprint density at radius 3 is 2.32 bits per heavy atom. The number of rotatable bonds is 9. The van der Waals surface area contributed by atoms with E-state index in [9.17, 15) is 17.8 Å². The first-order valence-corrected chi connectivity index (χ1v) is 8.61. The monoisotopic (exact) mass is 352 g/mol. The summed E-state index contributed by atoms with van der Waals surface area (Å²) in [6, 6.07) is 5.37. The van der Waals surface area contributed by atoms with Crippen LogP contribution in [0.25, 0.3) is 0 Å². The first-order valence-electron chi connectivity index (χ1n) is 7.20.